The lowest BCUT2D eigenvalue weighted by Crippen LogP contribution is -2.24. The lowest BCUT2D eigenvalue weighted by atomic mass is 9.88. The third-order valence-corrected chi connectivity index (χ3v) is 3.69. The molecule has 3 nitrogen and oxygen atoms in total. The highest BCUT2D eigenvalue weighted by atomic mass is 16.5. The van der Waals surface area contributed by atoms with Gasteiger partial charge in [0, 0.05) is 0 Å². The molecule has 0 aliphatic rings. The number of allylic oxidation sites excluding steroid dienone is 1. The Morgan fingerprint density at radius 2 is 1.95 bits per heavy atom. The van der Waals surface area contributed by atoms with Crippen molar-refractivity contribution >= 4 is 12.0 Å². The number of benzene rings is 1. The van der Waals surface area contributed by atoms with Crippen molar-refractivity contribution in [1.82, 2.24) is 0 Å². The molecule has 0 saturated carbocycles. The van der Waals surface area contributed by atoms with Crippen molar-refractivity contribution in [1.29, 1.82) is 0 Å². The number of aryl methyl sites for hydroxylation is 2. The number of rotatable bonds is 7. The highest BCUT2D eigenvalue weighted by molar-refractivity contribution is 5.73. The van der Waals surface area contributed by atoms with E-state index in [1.165, 1.54) is 11.1 Å². The first-order valence-electron chi connectivity index (χ1n) is 7.38. The van der Waals surface area contributed by atoms with Crippen LogP contribution in [0, 0.1) is 19.3 Å². The number of ether oxygens (including phenoxy) is 1. The van der Waals surface area contributed by atoms with Crippen molar-refractivity contribution in [3.63, 3.8) is 0 Å². The molecule has 1 aromatic carbocycles. The lowest BCUT2D eigenvalue weighted by Gasteiger charge is -2.19. The third kappa shape index (κ3) is 4.92. The Morgan fingerprint density at radius 1 is 1.29 bits per heavy atom. The van der Waals surface area contributed by atoms with Gasteiger partial charge in [0.2, 0.25) is 0 Å². The van der Waals surface area contributed by atoms with E-state index in [-0.39, 0.29) is 0 Å². The maximum Gasteiger partial charge on any atom is 0.309 e. The third-order valence-electron chi connectivity index (χ3n) is 3.69. The van der Waals surface area contributed by atoms with E-state index in [0.717, 1.165) is 17.7 Å². The quantitative estimate of drug-likeness (QED) is 0.746. The fourth-order valence-corrected chi connectivity index (χ4v) is 2.13. The molecule has 1 aromatic rings. The predicted molar refractivity (Wildman–Crippen MR) is 86.8 cm³/mol. The average molecular weight is 290 g/mol. The van der Waals surface area contributed by atoms with Crippen LogP contribution in [-0.2, 0) is 4.79 Å². The lowest BCUT2D eigenvalue weighted by molar-refractivity contribution is -0.147. The van der Waals surface area contributed by atoms with Gasteiger partial charge in [0.15, 0.2) is 0 Å². The van der Waals surface area contributed by atoms with E-state index in [1.807, 2.05) is 26.0 Å². The summed E-state index contributed by atoms with van der Waals surface area (Å²) in [6.07, 6.45) is 5.45. The minimum absolute atomic E-state index is 0.542. The largest absolute Gasteiger partial charge is 0.493 e. The first kappa shape index (κ1) is 17.3. The first-order valence-corrected chi connectivity index (χ1v) is 7.38. The van der Waals surface area contributed by atoms with Crippen LogP contribution in [0.15, 0.2) is 18.2 Å². The fraction of sp³-hybridized carbons (Fsp3) is 0.500. The topological polar surface area (TPSA) is 46.5 Å². The smallest absolute Gasteiger partial charge is 0.309 e. The maximum absolute atomic E-state index is 11.0. The van der Waals surface area contributed by atoms with Crippen LogP contribution in [-0.4, -0.2) is 17.7 Å². The normalized spacial score (nSPS) is 11.9. The minimum atomic E-state index is -0.759. The summed E-state index contributed by atoms with van der Waals surface area (Å²) in [5.74, 6) is 0.124. The summed E-state index contributed by atoms with van der Waals surface area (Å²) >= 11 is 0. The second-order valence-corrected chi connectivity index (χ2v) is 6.12. The van der Waals surface area contributed by atoms with E-state index < -0.39 is 11.4 Å². The van der Waals surface area contributed by atoms with Crippen molar-refractivity contribution in [2.45, 2.75) is 47.5 Å². The van der Waals surface area contributed by atoms with Crippen molar-refractivity contribution in [2.75, 3.05) is 6.61 Å². The van der Waals surface area contributed by atoms with Crippen LogP contribution in [0.25, 0.3) is 6.08 Å². The Kier molecular flexibility index (Phi) is 6.01. The predicted octanol–water partition coefficient (Wildman–Crippen LogP) is 4.61. The van der Waals surface area contributed by atoms with Gasteiger partial charge >= 0.3 is 5.97 Å². The number of carboxylic acids is 1. The van der Waals surface area contributed by atoms with Crippen LogP contribution in [0.5, 0.6) is 5.75 Å². The summed E-state index contributed by atoms with van der Waals surface area (Å²) < 4.78 is 5.81. The van der Waals surface area contributed by atoms with Gasteiger partial charge in [0.1, 0.15) is 5.75 Å². The molecular formula is C18H26O3. The zero-order chi connectivity index (χ0) is 16.0. The van der Waals surface area contributed by atoms with Crippen LogP contribution in [0.2, 0.25) is 0 Å². The van der Waals surface area contributed by atoms with Crippen LogP contribution >= 0.6 is 0 Å². The Bertz CT molecular complexity index is 528. The molecule has 3 heteroatoms. The van der Waals surface area contributed by atoms with Gasteiger partial charge in [0.05, 0.1) is 12.0 Å². The SMILES string of the molecule is C/C=C\c1cc(C)c(OCCCC(C)(C)C(=O)O)cc1C. The van der Waals surface area contributed by atoms with Gasteiger partial charge in [-0.25, -0.2) is 0 Å². The molecule has 0 saturated heterocycles. The molecule has 0 aromatic heterocycles. The van der Waals surface area contributed by atoms with Crippen molar-refractivity contribution in [2.24, 2.45) is 5.41 Å². The summed E-state index contributed by atoms with van der Waals surface area (Å²) in [4.78, 5) is 11.0. The number of hydrogen-bond acceptors (Lipinski definition) is 2. The van der Waals surface area contributed by atoms with Gasteiger partial charge in [-0.05, 0) is 76.3 Å². The molecule has 0 fully saturated rings. The average Bonchev–Trinajstić information content (AvgIpc) is 2.39. The van der Waals surface area contributed by atoms with Crippen molar-refractivity contribution in [3.8, 4) is 5.75 Å². The maximum atomic E-state index is 11.0. The summed E-state index contributed by atoms with van der Waals surface area (Å²) in [7, 11) is 0. The summed E-state index contributed by atoms with van der Waals surface area (Å²) in [5, 5.41) is 9.07. The van der Waals surface area contributed by atoms with E-state index in [2.05, 4.69) is 19.1 Å². The molecular weight excluding hydrogens is 264 g/mol. The van der Waals surface area contributed by atoms with Gasteiger partial charge in [-0.3, -0.25) is 4.79 Å². The summed E-state index contributed by atoms with van der Waals surface area (Å²) in [5.41, 5.74) is 2.80. The highest BCUT2D eigenvalue weighted by Crippen LogP contribution is 2.26. The molecule has 0 amide bonds. The van der Waals surface area contributed by atoms with Gasteiger partial charge in [-0.15, -0.1) is 0 Å². The van der Waals surface area contributed by atoms with Crippen LogP contribution in [0.4, 0.5) is 0 Å². The number of aliphatic carboxylic acids is 1. The molecule has 0 heterocycles. The van der Waals surface area contributed by atoms with E-state index >= 15 is 0 Å². The Balaban J connectivity index is 2.61. The van der Waals surface area contributed by atoms with Gasteiger partial charge in [-0.1, -0.05) is 12.2 Å². The monoisotopic (exact) mass is 290 g/mol. The molecule has 0 unspecified atom stereocenters. The van der Waals surface area contributed by atoms with Crippen LogP contribution < -0.4 is 4.74 Å². The number of carboxylic acid groups (broad SMARTS) is 1. The van der Waals surface area contributed by atoms with Crippen LogP contribution in [0.3, 0.4) is 0 Å². The Labute approximate surface area is 127 Å². The fourth-order valence-electron chi connectivity index (χ4n) is 2.13. The van der Waals surface area contributed by atoms with Crippen LogP contribution in [0.1, 0.15) is 50.3 Å². The van der Waals surface area contributed by atoms with Crippen molar-refractivity contribution < 1.29 is 14.6 Å². The standard InChI is InChI=1S/C18H26O3/c1-6-8-15-11-14(3)16(12-13(15)2)21-10-7-9-18(4,5)17(19)20/h6,8,11-12H,7,9-10H2,1-5H3,(H,19,20)/b8-6-. The second kappa shape index (κ2) is 7.30. The first-order chi connectivity index (χ1) is 9.77. The molecule has 0 aliphatic heterocycles. The molecule has 0 bridgehead atoms. The summed E-state index contributed by atoms with van der Waals surface area (Å²) in [6, 6.07) is 4.17. The molecule has 116 valence electrons. The molecule has 1 N–H and O–H groups in total. The molecule has 1 rings (SSSR count). The van der Waals surface area contributed by atoms with Crippen molar-refractivity contribution in [3.05, 3.63) is 34.9 Å². The molecule has 21 heavy (non-hydrogen) atoms. The van der Waals surface area contributed by atoms with E-state index in [1.54, 1.807) is 13.8 Å². The zero-order valence-electron chi connectivity index (χ0n) is 13.7. The molecule has 0 radical (unpaired) electrons. The van der Waals surface area contributed by atoms with E-state index in [9.17, 15) is 4.79 Å². The molecule has 0 atom stereocenters. The molecule has 0 spiro atoms. The van der Waals surface area contributed by atoms with Gasteiger partial charge < -0.3 is 9.84 Å². The van der Waals surface area contributed by atoms with Gasteiger partial charge in [-0.2, -0.15) is 0 Å². The second-order valence-electron chi connectivity index (χ2n) is 6.12. The van der Waals surface area contributed by atoms with E-state index in [4.69, 9.17) is 9.84 Å². The number of hydrogen-bond donors (Lipinski definition) is 1. The molecule has 0 aliphatic carbocycles. The highest BCUT2D eigenvalue weighted by Gasteiger charge is 2.26. The Hall–Kier alpha value is -1.77. The zero-order valence-corrected chi connectivity index (χ0v) is 13.7. The van der Waals surface area contributed by atoms with Gasteiger partial charge in [0.25, 0.3) is 0 Å². The summed E-state index contributed by atoms with van der Waals surface area (Å²) in [6.45, 7) is 10.1. The number of carbonyl (C=O) groups is 1. The Morgan fingerprint density at radius 3 is 2.52 bits per heavy atom. The minimum Gasteiger partial charge on any atom is -0.493 e. The van der Waals surface area contributed by atoms with E-state index in [0.29, 0.717) is 13.0 Å².